The number of benzene rings is 2. The molecule has 1 N–H and O–H groups in total. The van der Waals surface area contributed by atoms with Crippen LogP contribution in [0.4, 0.5) is 11.4 Å². The summed E-state index contributed by atoms with van der Waals surface area (Å²) in [5.41, 5.74) is 1.06. The molecule has 0 aliphatic carbocycles. The molecule has 0 bridgehead atoms. The second-order valence-corrected chi connectivity index (χ2v) is 6.26. The quantitative estimate of drug-likeness (QED) is 0.764. The third-order valence-corrected chi connectivity index (χ3v) is 4.56. The van der Waals surface area contributed by atoms with E-state index in [2.05, 4.69) is 5.32 Å². The normalized spacial score (nSPS) is 16.4. The van der Waals surface area contributed by atoms with Gasteiger partial charge in [-0.05, 0) is 30.3 Å². The summed E-state index contributed by atoms with van der Waals surface area (Å²) >= 11 is 6.11. The molecule has 7 nitrogen and oxygen atoms in total. The maximum atomic E-state index is 12.8. The monoisotopic (exact) mass is 390 g/mol. The molecule has 27 heavy (non-hydrogen) atoms. The summed E-state index contributed by atoms with van der Waals surface area (Å²) in [5.74, 6) is 0.836. The lowest BCUT2D eigenvalue weighted by Gasteiger charge is -2.18. The van der Waals surface area contributed by atoms with Gasteiger partial charge in [-0.15, -0.1) is 0 Å². The number of anilines is 2. The number of carbonyl (C=O) groups is 2. The van der Waals surface area contributed by atoms with Crippen molar-refractivity contribution >= 4 is 34.8 Å². The Morgan fingerprint density at radius 1 is 0.963 bits per heavy atom. The number of nitrogens with zero attached hydrogens (tertiary/aromatic N) is 1. The number of hydrogen-bond acceptors (Lipinski definition) is 6. The summed E-state index contributed by atoms with van der Waals surface area (Å²) in [6, 6.07) is 9.29. The van der Waals surface area contributed by atoms with Crippen LogP contribution >= 0.6 is 11.6 Å². The predicted octanol–water partition coefficient (Wildman–Crippen LogP) is 3.11. The number of halogens is 1. The molecule has 1 aliphatic rings. The van der Waals surface area contributed by atoms with Crippen molar-refractivity contribution in [3.8, 4) is 17.2 Å². The van der Waals surface area contributed by atoms with Crippen LogP contribution in [0.15, 0.2) is 36.4 Å². The molecule has 3 rings (SSSR count). The molecule has 2 aromatic carbocycles. The molecule has 1 heterocycles. The molecule has 0 spiro atoms. The third kappa shape index (κ3) is 3.64. The van der Waals surface area contributed by atoms with E-state index in [4.69, 9.17) is 25.8 Å². The summed E-state index contributed by atoms with van der Waals surface area (Å²) < 4.78 is 15.5. The first-order chi connectivity index (χ1) is 13.0. The smallest absolute Gasteiger partial charge is 0.256 e. The van der Waals surface area contributed by atoms with Crippen molar-refractivity contribution in [1.29, 1.82) is 0 Å². The Kier molecular flexibility index (Phi) is 5.41. The van der Waals surface area contributed by atoms with Crippen LogP contribution < -0.4 is 24.4 Å². The molecule has 142 valence electrons. The fourth-order valence-electron chi connectivity index (χ4n) is 2.94. The number of methoxy groups -OCH3 is 3. The zero-order chi connectivity index (χ0) is 19.6. The van der Waals surface area contributed by atoms with E-state index in [1.807, 2.05) is 0 Å². The van der Waals surface area contributed by atoms with E-state index in [-0.39, 0.29) is 18.2 Å². The van der Waals surface area contributed by atoms with Gasteiger partial charge in [0.25, 0.3) is 5.91 Å². The van der Waals surface area contributed by atoms with E-state index in [1.54, 1.807) is 36.4 Å². The van der Waals surface area contributed by atoms with Gasteiger partial charge in [0.15, 0.2) is 11.5 Å². The fraction of sp³-hybridized carbons (Fsp3) is 0.263. The van der Waals surface area contributed by atoms with E-state index in [0.29, 0.717) is 33.6 Å². The maximum Gasteiger partial charge on any atom is 0.256 e. The lowest BCUT2D eigenvalue weighted by atomic mass is 10.2. The van der Waals surface area contributed by atoms with Gasteiger partial charge >= 0.3 is 0 Å². The number of amides is 2. The average Bonchev–Trinajstić information content (AvgIpc) is 2.94. The minimum absolute atomic E-state index is 0.0385. The van der Waals surface area contributed by atoms with Crippen LogP contribution in [-0.4, -0.2) is 39.2 Å². The second kappa shape index (κ2) is 7.75. The van der Waals surface area contributed by atoms with E-state index >= 15 is 0 Å². The topological polar surface area (TPSA) is 77.1 Å². The van der Waals surface area contributed by atoms with Crippen molar-refractivity contribution in [3.63, 3.8) is 0 Å². The van der Waals surface area contributed by atoms with Crippen molar-refractivity contribution < 1.29 is 23.8 Å². The van der Waals surface area contributed by atoms with Gasteiger partial charge in [0.05, 0.1) is 38.5 Å². The second-order valence-electron chi connectivity index (χ2n) is 5.86. The zero-order valence-corrected chi connectivity index (χ0v) is 15.9. The summed E-state index contributed by atoms with van der Waals surface area (Å²) in [4.78, 5) is 26.4. The predicted molar refractivity (Wildman–Crippen MR) is 102 cm³/mol. The standard InChI is InChI=1S/C19H19ClN2O5/c1-25-15-6-4-11(8-13(15)20)21-14-10-18(23)22(19(14)24)12-5-7-16(26-2)17(9-12)27-3/h4-9,14,21H,10H2,1-3H3/t14-/m1/s1. The number of hydrogen-bond donors (Lipinski definition) is 1. The molecule has 1 saturated heterocycles. The number of nitrogens with one attached hydrogen (secondary N) is 1. The number of carbonyl (C=O) groups excluding carboxylic acids is 2. The van der Waals surface area contributed by atoms with E-state index in [9.17, 15) is 9.59 Å². The molecular formula is C19H19ClN2O5. The molecule has 8 heteroatoms. The molecule has 0 unspecified atom stereocenters. The molecule has 1 fully saturated rings. The Hall–Kier alpha value is -2.93. The third-order valence-electron chi connectivity index (χ3n) is 4.26. The SMILES string of the molecule is COc1ccc(N[C@@H]2CC(=O)N(c3ccc(OC)c(OC)c3)C2=O)cc1Cl. The molecule has 0 aromatic heterocycles. The maximum absolute atomic E-state index is 12.8. The molecule has 1 aliphatic heterocycles. The van der Waals surface area contributed by atoms with Crippen LogP contribution in [0.2, 0.25) is 5.02 Å². The van der Waals surface area contributed by atoms with Crippen molar-refractivity contribution in [1.82, 2.24) is 0 Å². The molecular weight excluding hydrogens is 372 g/mol. The molecule has 1 atom stereocenters. The highest BCUT2D eigenvalue weighted by atomic mass is 35.5. The lowest BCUT2D eigenvalue weighted by Crippen LogP contribution is -2.34. The van der Waals surface area contributed by atoms with E-state index in [0.717, 1.165) is 4.90 Å². The van der Waals surface area contributed by atoms with Crippen LogP contribution in [0.1, 0.15) is 6.42 Å². The minimum Gasteiger partial charge on any atom is -0.495 e. The molecule has 0 saturated carbocycles. The van der Waals surface area contributed by atoms with Crippen LogP contribution in [-0.2, 0) is 9.59 Å². The Labute approximate surface area is 161 Å². The Bertz CT molecular complexity index is 886. The van der Waals surface area contributed by atoms with Gasteiger partial charge in [0.1, 0.15) is 11.8 Å². The number of rotatable bonds is 6. The van der Waals surface area contributed by atoms with E-state index in [1.165, 1.54) is 21.3 Å². The first-order valence-electron chi connectivity index (χ1n) is 8.17. The minimum atomic E-state index is -0.685. The van der Waals surface area contributed by atoms with Gasteiger partial charge in [-0.3, -0.25) is 9.59 Å². The van der Waals surface area contributed by atoms with E-state index < -0.39 is 6.04 Å². The van der Waals surface area contributed by atoms with Gasteiger partial charge in [-0.2, -0.15) is 0 Å². The van der Waals surface area contributed by atoms with Gasteiger partial charge in [0, 0.05) is 11.8 Å². The Morgan fingerprint density at radius 3 is 2.26 bits per heavy atom. The molecule has 2 amide bonds. The van der Waals surface area contributed by atoms with Gasteiger partial charge in [0.2, 0.25) is 5.91 Å². The molecule has 2 aromatic rings. The van der Waals surface area contributed by atoms with Crippen molar-refractivity contribution in [2.75, 3.05) is 31.5 Å². The molecule has 0 radical (unpaired) electrons. The van der Waals surface area contributed by atoms with Gasteiger partial charge in [-0.1, -0.05) is 11.6 Å². The highest BCUT2D eigenvalue weighted by Gasteiger charge is 2.40. The average molecular weight is 391 g/mol. The highest BCUT2D eigenvalue weighted by Crippen LogP contribution is 2.34. The summed E-state index contributed by atoms with van der Waals surface area (Å²) in [6.07, 6.45) is 0.0385. The van der Waals surface area contributed by atoms with Gasteiger partial charge in [-0.25, -0.2) is 4.90 Å². The van der Waals surface area contributed by atoms with Crippen molar-refractivity contribution in [2.45, 2.75) is 12.5 Å². The first-order valence-corrected chi connectivity index (χ1v) is 8.55. The summed E-state index contributed by atoms with van der Waals surface area (Å²) in [5, 5.41) is 3.47. The van der Waals surface area contributed by atoms with Crippen LogP contribution in [0.5, 0.6) is 17.2 Å². The Morgan fingerprint density at radius 2 is 1.63 bits per heavy atom. The van der Waals surface area contributed by atoms with Crippen molar-refractivity contribution in [2.24, 2.45) is 0 Å². The highest BCUT2D eigenvalue weighted by molar-refractivity contribution is 6.32. The fourth-order valence-corrected chi connectivity index (χ4v) is 3.19. The van der Waals surface area contributed by atoms with Crippen LogP contribution in [0.3, 0.4) is 0 Å². The number of imide groups is 1. The first kappa shape index (κ1) is 18.8. The largest absolute Gasteiger partial charge is 0.495 e. The zero-order valence-electron chi connectivity index (χ0n) is 15.1. The Balaban J connectivity index is 1.82. The van der Waals surface area contributed by atoms with Crippen LogP contribution in [0.25, 0.3) is 0 Å². The van der Waals surface area contributed by atoms with Crippen molar-refractivity contribution in [3.05, 3.63) is 41.4 Å². The van der Waals surface area contributed by atoms with Crippen LogP contribution in [0, 0.1) is 0 Å². The summed E-state index contributed by atoms with van der Waals surface area (Å²) in [7, 11) is 4.53. The number of ether oxygens (including phenoxy) is 3. The summed E-state index contributed by atoms with van der Waals surface area (Å²) in [6.45, 7) is 0. The lowest BCUT2D eigenvalue weighted by molar-refractivity contribution is -0.121. The van der Waals surface area contributed by atoms with Gasteiger partial charge < -0.3 is 19.5 Å².